The van der Waals surface area contributed by atoms with Crippen molar-refractivity contribution in [3.63, 3.8) is 0 Å². The number of aromatic amines is 1. The summed E-state index contributed by atoms with van der Waals surface area (Å²) in [6.45, 7) is 0.691. The van der Waals surface area contributed by atoms with Gasteiger partial charge >= 0.3 is 0 Å². The molecule has 2 aliphatic rings. The molecule has 1 amide bonds. The van der Waals surface area contributed by atoms with Crippen molar-refractivity contribution in [1.82, 2.24) is 15.3 Å². The number of H-pyrrole nitrogens is 1. The van der Waals surface area contributed by atoms with E-state index in [1.54, 1.807) is 6.20 Å². The summed E-state index contributed by atoms with van der Waals surface area (Å²) in [6.07, 6.45) is 13.4. The highest BCUT2D eigenvalue weighted by molar-refractivity contribution is 5.78. The van der Waals surface area contributed by atoms with Crippen molar-refractivity contribution in [2.45, 2.75) is 51.4 Å². The molecule has 0 radical (unpaired) electrons. The molecule has 0 saturated heterocycles. The molecular formula is C16H25N3O. The maximum atomic E-state index is 12.3. The average Bonchev–Trinajstić information content (AvgIpc) is 3.00. The molecule has 110 valence electrons. The van der Waals surface area contributed by atoms with Gasteiger partial charge in [0.25, 0.3) is 0 Å². The Bertz CT molecular complexity index is 429. The van der Waals surface area contributed by atoms with Gasteiger partial charge in [0.1, 0.15) is 5.82 Å². The Labute approximate surface area is 120 Å². The molecule has 1 aromatic heterocycles. The number of hydrogen-bond acceptors (Lipinski definition) is 2. The Morgan fingerprint density at radius 1 is 1.25 bits per heavy atom. The van der Waals surface area contributed by atoms with Crippen molar-refractivity contribution in [2.24, 2.45) is 17.8 Å². The van der Waals surface area contributed by atoms with Gasteiger partial charge in [0.15, 0.2) is 0 Å². The van der Waals surface area contributed by atoms with Crippen molar-refractivity contribution < 1.29 is 4.79 Å². The van der Waals surface area contributed by atoms with Gasteiger partial charge < -0.3 is 10.3 Å². The third-order valence-corrected chi connectivity index (χ3v) is 5.13. The number of nitrogens with one attached hydrogen (secondary N) is 2. The van der Waals surface area contributed by atoms with Crippen LogP contribution in [0.3, 0.4) is 0 Å². The van der Waals surface area contributed by atoms with Crippen LogP contribution in [-0.4, -0.2) is 22.4 Å². The normalized spacial score (nSPS) is 29.7. The van der Waals surface area contributed by atoms with E-state index in [-0.39, 0.29) is 11.8 Å². The SMILES string of the molecule is O=C(NCCc1ncc[nH]1)C1CCC2CCCCC2C1. The van der Waals surface area contributed by atoms with E-state index < -0.39 is 0 Å². The minimum Gasteiger partial charge on any atom is -0.355 e. The van der Waals surface area contributed by atoms with E-state index in [9.17, 15) is 4.79 Å². The van der Waals surface area contributed by atoms with Crippen LogP contribution in [0.4, 0.5) is 0 Å². The van der Waals surface area contributed by atoms with E-state index in [1.165, 1.54) is 32.1 Å². The lowest BCUT2D eigenvalue weighted by Gasteiger charge is -2.38. The molecule has 4 nitrogen and oxygen atoms in total. The molecule has 20 heavy (non-hydrogen) atoms. The fourth-order valence-electron chi connectivity index (χ4n) is 3.99. The molecule has 2 fully saturated rings. The highest BCUT2D eigenvalue weighted by Gasteiger charge is 2.34. The Balaban J connectivity index is 1.43. The van der Waals surface area contributed by atoms with Gasteiger partial charge in [0, 0.05) is 31.3 Å². The van der Waals surface area contributed by atoms with Gasteiger partial charge in [-0.3, -0.25) is 4.79 Å². The van der Waals surface area contributed by atoms with E-state index in [2.05, 4.69) is 15.3 Å². The molecule has 0 aliphatic heterocycles. The maximum Gasteiger partial charge on any atom is 0.223 e. The van der Waals surface area contributed by atoms with Gasteiger partial charge in [-0.25, -0.2) is 4.98 Å². The number of rotatable bonds is 4. The Hall–Kier alpha value is -1.32. The van der Waals surface area contributed by atoms with Crippen LogP contribution >= 0.6 is 0 Å². The second kappa shape index (κ2) is 6.42. The number of imidazole rings is 1. The van der Waals surface area contributed by atoms with Crippen LogP contribution in [0.5, 0.6) is 0 Å². The third-order valence-electron chi connectivity index (χ3n) is 5.13. The summed E-state index contributed by atoms with van der Waals surface area (Å²) in [5.41, 5.74) is 0. The number of carbonyl (C=O) groups is 1. The topological polar surface area (TPSA) is 57.8 Å². The molecule has 3 atom stereocenters. The largest absolute Gasteiger partial charge is 0.355 e. The fraction of sp³-hybridized carbons (Fsp3) is 0.750. The van der Waals surface area contributed by atoms with E-state index in [0.717, 1.165) is 36.9 Å². The zero-order chi connectivity index (χ0) is 13.8. The number of amides is 1. The number of carbonyl (C=O) groups excluding carboxylic acids is 1. The monoisotopic (exact) mass is 275 g/mol. The Morgan fingerprint density at radius 2 is 2.10 bits per heavy atom. The molecule has 1 aromatic rings. The smallest absolute Gasteiger partial charge is 0.223 e. The summed E-state index contributed by atoms with van der Waals surface area (Å²) in [6, 6.07) is 0. The summed E-state index contributed by atoms with van der Waals surface area (Å²) in [4.78, 5) is 19.5. The lowest BCUT2D eigenvalue weighted by atomic mass is 9.67. The molecule has 0 aromatic carbocycles. The molecule has 2 aliphatic carbocycles. The predicted octanol–water partition coefficient (Wildman–Crippen LogP) is 2.67. The van der Waals surface area contributed by atoms with Crippen molar-refractivity contribution in [3.05, 3.63) is 18.2 Å². The zero-order valence-electron chi connectivity index (χ0n) is 12.1. The predicted molar refractivity (Wildman–Crippen MR) is 78.1 cm³/mol. The number of fused-ring (bicyclic) bond motifs is 1. The minimum absolute atomic E-state index is 0.256. The first kappa shape index (κ1) is 13.7. The highest BCUT2D eigenvalue weighted by atomic mass is 16.1. The quantitative estimate of drug-likeness (QED) is 0.887. The fourth-order valence-corrected chi connectivity index (χ4v) is 3.99. The first-order valence-corrected chi connectivity index (χ1v) is 8.09. The second-order valence-electron chi connectivity index (χ2n) is 6.39. The van der Waals surface area contributed by atoms with Gasteiger partial charge in [-0.2, -0.15) is 0 Å². The molecule has 2 saturated carbocycles. The van der Waals surface area contributed by atoms with Crippen molar-refractivity contribution in [1.29, 1.82) is 0 Å². The molecule has 4 heteroatoms. The number of nitrogens with zero attached hydrogens (tertiary/aromatic N) is 1. The van der Waals surface area contributed by atoms with Crippen molar-refractivity contribution >= 4 is 5.91 Å². The van der Waals surface area contributed by atoms with Gasteiger partial charge in [0.05, 0.1) is 0 Å². The van der Waals surface area contributed by atoms with Gasteiger partial charge in [-0.15, -0.1) is 0 Å². The lowest BCUT2D eigenvalue weighted by molar-refractivity contribution is -0.127. The second-order valence-corrected chi connectivity index (χ2v) is 6.39. The Morgan fingerprint density at radius 3 is 2.90 bits per heavy atom. The van der Waals surface area contributed by atoms with Crippen LogP contribution in [0, 0.1) is 17.8 Å². The van der Waals surface area contributed by atoms with Crippen LogP contribution in [0.25, 0.3) is 0 Å². The molecule has 0 spiro atoms. The van der Waals surface area contributed by atoms with E-state index in [0.29, 0.717) is 6.54 Å². The Kier molecular flexibility index (Phi) is 4.38. The summed E-state index contributed by atoms with van der Waals surface area (Å²) in [7, 11) is 0. The van der Waals surface area contributed by atoms with E-state index in [4.69, 9.17) is 0 Å². The van der Waals surface area contributed by atoms with Gasteiger partial charge in [-0.1, -0.05) is 25.7 Å². The molecule has 3 rings (SSSR count). The van der Waals surface area contributed by atoms with Gasteiger partial charge in [0.2, 0.25) is 5.91 Å². The number of aromatic nitrogens is 2. The molecule has 0 bridgehead atoms. The summed E-state index contributed by atoms with van der Waals surface area (Å²) < 4.78 is 0. The maximum absolute atomic E-state index is 12.3. The van der Waals surface area contributed by atoms with Crippen molar-refractivity contribution in [3.8, 4) is 0 Å². The van der Waals surface area contributed by atoms with Crippen LogP contribution in [0.15, 0.2) is 12.4 Å². The molecule has 3 unspecified atom stereocenters. The van der Waals surface area contributed by atoms with Crippen LogP contribution in [0.1, 0.15) is 50.8 Å². The van der Waals surface area contributed by atoms with E-state index in [1.807, 2.05) is 6.20 Å². The van der Waals surface area contributed by atoms with Crippen LogP contribution < -0.4 is 5.32 Å². The zero-order valence-corrected chi connectivity index (χ0v) is 12.1. The van der Waals surface area contributed by atoms with Gasteiger partial charge in [-0.05, 0) is 31.1 Å². The summed E-state index contributed by atoms with van der Waals surface area (Å²) in [5, 5.41) is 3.09. The summed E-state index contributed by atoms with van der Waals surface area (Å²) >= 11 is 0. The third kappa shape index (κ3) is 3.22. The minimum atomic E-state index is 0.256. The first-order valence-electron chi connectivity index (χ1n) is 8.09. The standard InChI is InChI=1S/C16H25N3O/c20-16(19-8-7-15-17-9-10-18-15)14-6-5-12-3-1-2-4-13(12)11-14/h9-10,12-14H,1-8,11H2,(H,17,18)(H,19,20). The molecule has 2 N–H and O–H groups in total. The number of hydrogen-bond donors (Lipinski definition) is 2. The van der Waals surface area contributed by atoms with Crippen LogP contribution in [-0.2, 0) is 11.2 Å². The highest BCUT2D eigenvalue weighted by Crippen LogP contribution is 2.42. The average molecular weight is 275 g/mol. The molecule has 1 heterocycles. The summed E-state index contributed by atoms with van der Waals surface area (Å²) in [5.74, 6) is 3.20. The first-order chi connectivity index (χ1) is 9.83. The van der Waals surface area contributed by atoms with E-state index >= 15 is 0 Å². The van der Waals surface area contributed by atoms with Crippen molar-refractivity contribution in [2.75, 3.05) is 6.54 Å². The lowest BCUT2D eigenvalue weighted by Crippen LogP contribution is -2.38. The molecular weight excluding hydrogens is 250 g/mol. The van der Waals surface area contributed by atoms with Crippen LogP contribution in [0.2, 0.25) is 0 Å².